The molecule has 1 aromatic carbocycles. The van der Waals surface area contributed by atoms with Crippen LogP contribution in [0.1, 0.15) is 25.3 Å². The van der Waals surface area contributed by atoms with Crippen LogP contribution in [0.3, 0.4) is 0 Å². The highest BCUT2D eigenvalue weighted by atomic mass is 16.6. The first-order valence-corrected chi connectivity index (χ1v) is 6.37. The van der Waals surface area contributed by atoms with E-state index in [1.165, 1.54) is 18.2 Å². The molecule has 8 heteroatoms. The van der Waals surface area contributed by atoms with Gasteiger partial charge in [-0.1, -0.05) is 6.92 Å². The molecule has 1 unspecified atom stereocenters. The Labute approximate surface area is 121 Å². The maximum atomic E-state index is 11.7. The molecule has 8 nitrogen and oxygen atoms in total. The van der Waals surface area contributed by atoms with Crippen LogP contribution in [-0.4, -0.2) is 22.4 Å². The van der Waals surface area contributed by atoms with Crippen LogP contribution in [0.25, 0.3) is 0 Å². The van der Waals surface area contributed by atoms with Crippen molar-refractivity contribution in [3.05, 3.63) is 44.0 Å². The van der Waals surface area contributed by atoms with Gasteiger partial charge in [-0.15, -0.1) is 0 Å². The quantitative estimate of drug-likeness (QED) is 0.330. The van der Waals surface area contributed by atoms with Gasteiger partial charge >= 0.3 is 5.97 Å². The fourth-order valence-electron chi connectivity index (χ4n) is 1.70. The Morgan fingerprint density at radius 2 is 2.00 bits per heavy atom. The van der Waals surface area contributed by atoms with E-state index in [1.54, 1.807) is 13.8 Å². The van der Waals surface area contributed by atoms with E-state index in [9.17, 15) is 25.0 Å². The average Bonchev–Trinajstić information content (AvgIpc) is 2.38. The molecule has 0 radical (unpaired) electrons. The minimum Gasteiger partial charge on any atom is -0.426 e. The van der Waals surface area contributed by atoms with E-state index in [1.807, 2.05) is 0 Å². The Hall–Kier alpha value is -2.51. The number of carbonyl (C=O) groups is 1. The fourth-order valence-corrected chi connectivity index (χ4v) is 1.70. The number of nitrogens with zero attached hydrogens (tertiary/aromatic N) is 2. The molecule has 0 saturated carbocycles. The molecule has 0 aliphatic rings. The zero-order valence-corrected chi connectivity index (χ0v) is 11.8. The van der Waals surface area contributed by atoms with Gasteiger partial charge in [0, 0.05) is 23.3 Å². The lowest BCUT2D eigenvalue weighted by molar-refractivity contribution is -0.487. The second-order valence-electron chi connectivity index (χ2n) is 4.84. The Morgan fingerprint density at radius 1 is 1.33 bits per heavy atom. The molecular formula is C13H16N2O6. The Bertz CT molecular complexity index is 558. The summed E-state index contributed by atoms with van der Waals surface area (Å²) in [6.07, 6.45) is 0.352. The summed E-state index contributed by atoms with van der Waals surface area (Å²) in [5.74, 6) is -0.663. The van der Waals surface area contributed by atoms with Crippen molar-refractivity contribution in [1.29, 1.82) is 0 Å². The molecular weight excluding hydrogens is 280 g/mol. The van der Waals surface area contributed by atoms with Crippen molar-refractivity contribution in [2.24, 2.45) is 5.92 Å². The second kappa shape index (κ2) is 7.32. The number of aryl methyl sites for hydroxylation is 1. The third kappa shape index (κ3) is 5.55. The molecule has 21 heavy (non-hydrogen) atoms. The number of esters is 1. The molecule has 0 aliphatic carbocycles. The maximum Gasteiger partial charge on any atom is 0.311 e. The predicted octanol–water partition coefficient (Wildman–Crippen LogP) is 2.50. The van der Waals surface area contributed by atoms with E-state index in [-0.39, 0.29) is 30.3 Å². The standard InChI is InChI=1S/C13H16N2O6/c1-9(8-14(17)18)3-6-13(16)21-12-7-11(15(19)20)5-4-10(12)2/h4-5,7,9H,3,6,8H2,1-2H3. The number of carbonyl (C=O) groups excluding carboxylic acids is 1. The Balaban J connectivity index is 2.60. The summed E-state index contributed by atoms with van der Waals surface area (Å²) in [7, 11) is 0. The number of nitro groups is 2. The van der Waals surface area contributed by atoms with Crippen LogP contribution in [0.5, 0.6) is 5.75 Å². The summed E-state index contributed by atoms with van der Waals surface area (Å²) in [4.78, 5) is 31.7. The van der Waals surface area contributed by atoms with Crippen molar-refractivity contribution in [2.75, 3.05) is 6.54 Å². The Kier molecular flexibility index (Phi) is 5.77. The lowest BCUT2D eigenvalue weighted by Gasteiger charge is -2.08. The van der Waals surface area contributed by atoms with Crippen molar-refractivity contribution in [1.82, 2.24) is 0 Å². The molecule has 1 aromatic rings. The SMILES string of the molecule is Cc1ccc([N+](=O)[O-])cc1OC(=O)CCC(C)C[N+](=O)[O-]. The summed E-state index contributed by atoms with van der Waals surface area (Å²) in [6, 6.07) is 4.01. The summed E-state index contributed by atoms with van der Waals surface area (Å²) >= 11 is 0. The third-order valence-corrected chi connectivity index (χ3v) is 2.91. The fraction of sp³-hybridized carbons (Fsp3) is 0.462. The van der Waals surface area contributed by atoms with Gasteiger partial charge in [-0.3, -0.25) is 25.0 Å². The van der Waals surface area contributed by atoms with Gasteiger partial charge in [0.15, 0.2) is 0 Å². The first-order valence-electron chi connectivity index (χ1n) is 6.37. The van der Waals surface area contributed by atoms with Gasteiger partial charge in [0.2, 0.25) is 6.54 Å². The molecule has 114 valence electrons. The molecule has 0 saturated heterocycles. The summed E-state index contributed by atoms with van der Waals surface area (Å²) in [6.45, 7) is 3.14. The maximum absolute atomic E-state index is 11.7. The number of ether oxygens (including phenoxy) is 1. The van der Waals surface area contributed by atoms with Crippen molar-refractivity contribution in [3.8, 4) is 5.75 Å². The van der Waals surface area contributed by atoms with Gasteiger partial charge in [0.05, 0.1) is 11.0 Å². The zero-order valence-electron chi connectivity index (χ0n) is 11.8. The smallest absolute Gasteiger partial charge is 0.311 e. The highest BCUT2D eigenvalue weighted by Crippen LogP contribution is 2.24. The first kappa shape index (κ1) is 16.5. The highest BCUT2D eigenvalue weighted by molar-refractivity contribution is 5.73. The minimum absolute atomic E-state index is 0.0249. The van der Waals surface area contributed by atoms with Crippen LogP contribution < -0.4 is 4.74 Å². The van der Waals surface area contributed by atoms with Crippen LogP contribution in [0, 0.1) is 33.1 Å². The molecule has 0 fully saturated rings. The van der Waals surface area contributed by atoms with Gasteiger partial charge in [-0.25, -0.2) is 0 Å². The van der Waals surface area contributed by atoms with Crippen molar-refractivity contribution >= 4 is 11.7 Å². The van der Waals surface area contributed by atoms with Crippen molar-refractivity contribution < 1.29 is 19.4 Å². The molecule has 1 rings (SSSR count). The number of rotatable bonds is 7. The Morgan fingerprint density at radius 3 is 2.57 bits per heavy atom. The lowest BCUT2D eigenvalue weighted by atomic mass is 10.1. The second-order valence-corrected chi connectivity index (χ2v) is 4.84. The number of nitro benzene ring substituents is 1. The van der Waals surface area contributed by atoms with Crippen molar-refractivity contribution in [3.63, 3.8) is 0 Å². The van der Waals surface area contributed by atoms with E-state index < -0.39 is 15.8 Å². The number of hydrogen-bond donors (Lipinski definition) is 0. The topological polar surface area (TPSA) is 113 Å². The number of hydrogen-bond acceptors (Lipinski definition) is 6. The van der Waals surface area contributed by atoms with Gasteiger partial charge < -0.3 is 4.74 Å². The van der Waals surface area contributed by atoms with Crippen LogP contribution in [0.2, 0.25) is 0 Å². The average molecular weight is 296 g/mol. The number of non-ortho nitro benzene ring substituents is 1. The van der Waals surface area contributed by atoms with E-state index >= 15 is 0 Å². The molecule has 0 heterocycles. The molecule has 0 spiro atoms. The lowest BCUT2D eigenvalue weighted by Crippen LogP contribution is -2.15. The summed E-state index contributed by atoms with van der Waals surface area (Å²) in [5.41, 5.74) is 0.442. The van der Waals surface area contributed by atoms with Crippen LogP contribution in [-0.2, 0) is 4.79 Å². The normalized spacial score (nSPS) is 11.7. The highest BCUT2D eigenvalue weighted by Gasteiger charge is 2.15. The molecule has 0 N–H and O–H groups in total. The monoisotopic (exact) mass is 296 g/mol. The third-order valence-electron chi connectivity index (χ3n) is 2.91. The molecule has 0 amide bonds. The summed E-state index contributed by atoms with van der Waals surface area (Å²) in [5, 5.41) is 21.0. The van der Waals surface area contributed by atoms with Gasteiger partial charge in [0.25, 0.3) is 5.69 Å². The van der Waals surface area contributed by atoms with E-state index in [4.69, 9.17) is 4.74 Å². The van der Waals surface area contributed by atoms with E-state index in [0.29, 0.717) is 12.0 Å². The van der Waals surface area contributed by atoms with E-state index in [0.717, 1.165) is 0 Å². The largest absolute Gasteiger partial charge is 0.426 e. The predicted molar refractivity (Wildman–Crippen MR) is 73.7 cm³/mol. The first-order chi connectivity index (χ1) is 9.79. The zero-order chi connectivity index (χ0) is 16.0. The van der Waals surface area contributed by atoms with Gasteiger partial charge in [-0.2, -0.15) is 0 Å². The minimum atomic E-state index is -0.573. The van der Waals surface area contributed by atoms with Crippen LogP contribution in [0.4, 0.5) is 5.69 Å². The van der Waals surface area contributed by atoms with Crippen molar-refractivity contribution in [2.45, 2.75) is 26.7 Å². The summed E-state index contributed by atoms with van der Waals surface area (Å²) < 4.78 is 5.08. The van der Waals surface area contributed by atoms with Gasteiger partial charge in [0.1, 0.15) is 5.75 Å². The molecule has 0 aliphatic heterocycles. The number of benzene rings is 1. The molecule has 0 bridgehead atoms. The van der Waals surface area contributed by atoms with Crippen LogP contribution in [0.15, 0.2) is 18.2 Å². The van der Waals surface area contributed by atoms with Crippen LogP contribution >= 0.6 is 0 Å². The van der Waals surface area contributed by atoms with Gasteiger partial charge in [-0.05, 0) is 25.0 Å². The molecule has 1 atom stereocenters. The molecule has 0 aromatic heterocycles. The van der Waals surface area contributed by atoms with E-state index in [2.05, 4.69) is 0 Å².